The van der Waals surface area contributed by atoms with Gasteiger partial charge in [0.05, 0.1) is 6.04 Å². The Morgan fingerprint density at radius 1 is 1.14 bits per heavy atom. The molecule has 1 atom stereocenters. The van der Waals surface area contributed by atoms with Crippen molar-refractivity contribution >= 4 is 23.2 Å². The quantitative estimate of drug-likeness (QED) is 0.773. The molecule has 0 amide bonds. The highest BCUT2D eigenvalue weighted by atomic mass is 35.5. The Kier molecular flexibility index (Phi) is 5.37. The van der Waals surface area contributed by atoms with Gasteiger partial charge in [0.2, 0.25) is 0 Å². The SMILES string of the molecule is CCCNC(c1cc(Cl)ccc1Cl)c1c(C)oc(C)c1C. The van der Waals surface area contributed by atoms with Crippen LogP contribution in [0.3, 0.4) is 0 Å². The second-order valence-corrected chi connectivity index (χ2v) is 6.15. The third-order valence-corrected chi connectivity index (χ3v) is 4.35. The molecule has 114 valence electrons. The number of rotatable bonds is 5. The van der Waals surface area contributed by atoms with Gasteiger partial charge >= 0.3 is 0 Å². The van der Waals surface area contributed by atoms with Crippen LogP contribution in [0.5, 0.6) is 0 Å². The Bertz CT molecular complexity index is 634. The van der Waals surface area contributed by atoms with Gasteiger partial charge in [0.15, 0.2) is 0 Å². The van der Waals surface area contributed by atoms with Gasteiger partial charge in [-0.2, -0.15) is 0 Å². The van der Waals surface area contributed by atoms with Crippen molar-refractivity contribution in [1.29, 1.82) is 0 Å². The van der Waals surface area contributed by atoms with Gasteiger partial charge in [-0.25, -0.2) is 0 Å². The van der Waals surface area contributed by atoms with E-state index in [1.54, 1.807) is 0 Å². The van der Waals surface area contributed by atoms with Gasteiger partial charge in [-0.3, -0.25) is 0 Å². The molecule has 0 saturated carbocycles. The molecule has 2 rings (SSSR count). The summed E-state index contributed by atoms with van der Waals surface area (Å²) in [6.07, 6.45) is 1.05. The lowest BCUT2D eigenvalue weighted by Gasteiger charge is -2.21. The average molecular weight is 326 g/mol. The predicted octanol–water partition coefficient (Wildman–Crippen LogP) is 5.60. The Labute approximate surface area is 136 Å². The Morgan fingerprint density at radius 3 is 2.43 bits per heavy atom. The van der Waals surface area contributed by atoms with Gasteiger partial charge in [0, 0.05) is 15.6 Å². The highest BCUT2D eigenvalue weighted by molar-refractivity contribution is 6.33. The van der Waals surface area contributed by atoms with Gasteiger partial charge in [0.25, 0.3) is 0 Å². The first-order valence-corrected chi connectivity index (χ1v) is 7.96. The maximum absolute atomic E-state index is 6.40. The van der Waals surface area contributed by atoms with E-state index in [0.29, 0.717) is 10.0 Å². The Morgan fingerprint density at radius 2 is 1.86 bits per heavy atom. The minimum atomic E-state index is -0.00593. The number of nitrogens with one attached hydrogen (secondary N) is 1. The van der Waals surface area contributed by atoms with Crippen LogP contribution in [0.25, 0.3) is 0 Å². The molecule has 0 aliphatic rings. The van der Waals surface area contributed by atoms with Crippen molar-refractivity contribution in [2.75, 3.05) is 6.54 Å². The lowest BCUT2D eigenvalue weighted by atomic mass is 9.95. The van der Waals surface area contributed by atoms with Crippen molar-refractivity contribution in [2.24, 2.45) is 0 Å². The van der Waals surface area contributed by atoms with E-state index in [-0.39, 0.29) is 6.04 Å². The molecule has 21 heavy (non-hydrogen) atoms. The fourth-order valence-electron chi connectivity index (χ4n) is 2.63. The third-order valence-electron chi connectivity index (χ3n) is 3.77. The molecular weight excluding hydrogens is 305 g/mol. The van der Waals surface area contributed by atoms with Crippen LogP contribution in [0.15, 0.2) is 22.6 Å². The summed E-state index contributed by atoms with van der Waals surface area (Å²) in [7, 11) is 0. The summed E-state index contributed by atoms with van der Waals surface area (Å²) in [5.74, 6) is 1.87. The third kappa shape index (κ3) is 3.45. The number of aryl methyl sites for hydroxylation is 2. The zero-order valence-corrected chi connectivity index (χ0v) is 14.4. The molecule has 0 bridgehead atoms. The minimum Gasteiger partial charge on any atom is -0.466 e. The lowest BCUT2D eigenvalue weighted by molar-refractivity contribution is 0.493. The molecule has 1 aromatic carbocycles. The molecular formula is C17H21Cl2NO. The summed E-state index contributed by atoms with van der Waals surface area (Å²) in [5, 5.41) is 4.96. The average Bonchev–Trinajstić information content (AvgIpc) is 2.69. The maximum Gasteiger partial charge on any atom is 0.106 e. The number of halogens is 2. The van der Waals surface area contributed by atoms with Crippen LogP contribution >= 0.6 is 23.2 Å². The largest absolute Gasteiger partial charge is 0.466 e. The summed E-state index contributed by atoms with van der Waals surface area (Å²) in [4.78, 5) is 0. The fraction of sp³-hybridized carbons (Fsp3) is 0.412. The highest BCUT2D eigenvalue weighted by Crippen LogP contribution is 2.35. The van der Waals surface area contributed by atoms with E-state index in [1.165, 1.54) is 0 Å². The number of furan rings is 1. The summed E-state index contributed by atoms with van der Waals surface area (Å²) in [6, 6.07) is 5.58. The molecule has 1 N–H and O–H groups in total. The summed E-state index contributed by atoms with van der Waals surface area (Å²) < 4.78 is 5.78. The van der Waals surface area contributed by atoms with Crippen LogP contribution in [0.4, 0.5) is 0 Å². The lowest BCUT2D eigenvalue weighted by Crippen LogP contribution is -2.24. The fourth-order valence-corrected chi connectivity index (χ4v) is 3.03. The van der Waals surface area contributed by atoms with E-state index in [1.807, 2.05) is 32.0 Å². The second kappa shape index (κ2) is 6.87. The highest BCUT2D eigenvalue weighted by Gasteiger charge is 2.24. The van der Waals surface area contributed by atoms with E-state index >= 15 is 0 Å². The van der Waals surface area contributed by atoms with E-state index in [4.69, 9.17) is 27.6 Å². The van der Waals surface area contributed by atoms with Gasteiger partial charge < -0.3 is 9.73 Å². The van der Waals surface area contributed by atoms with Gasteiger partial charge in [0.1, 0.15) is 11.5 Å². The number of benzene rings is 1. The van der Waals surface area contributed by atoms with E-state index < -0.39 is 0 Å². The van der Waals surface area contributed by atoms with Gasteiger partial charge in [-0.05, 0) is 63.1 Å². The molecule has 1 unspecified atom stereocenters. The van der Waals surface area contributed by atoms with E-state index in [9.17, 15) is 0 Å². The smallest absolute Gasteiger partial charge is 0.106 e. The minimum absolute atomic E-state index is 0.00593. The molecule has 1 heterocycles. The molecule has 0 aliphatic carbocycles. The van der Waals surface area contributed by atoms with Crippen molar-refractivity contribution in [3.05, 3.63) is 56.5 Å². The van der Waals surface area contributed by atoms with E-state index in [2.05, 4.69) is 19.2 Å². The molecule has 1 aromatic heterocycles. The summed E-state index contributed by atoms with van der Waals surface area (Å²) >= 11 is 12.6. The van der Waals surface area contributed by atoms with Crippen molar-refractivity contribution in [3.8, 4) is 0 Å². The van der Waals surface area contributed by atoms with Gasteiger partial charge in [-0.1, -0.05) is 30.1 Å². The monoisotopic (exact) mass is 325 g/mol. The molecule has 0 spiro atoms. The topological polar surface area (TPSA) is 25.2 Å². The van der Waals surface area contributed by atoms with Crippen LogP contribution in [0, 0.1) is 20.8 Å². The zero-order chi connectivity index (χ0) is 15.6. The first kappa shape index (κ1) is 16.4. The zero-order valence-electron chi connectivity index (χ0n) is 12.9. The molecule has 0 aliphatic heterocycles. The second-order valence-electron chi connectivity index (χ2n) is 5.31. The predicted molar refractivity (Wildman–Crippen MR) is 89.5 cm³/mol. The molecule has 2 nitrogen and oxygen atoms in total. The molecule has 0 radical (unpaired) electrons. The summed E-state index contributed by atoms with van der Waals surface area (Å²) in [6.45, 7) is 9.11. The van der Waals surface area contributed by atoms with Crippen LogP contribution in [-0.4, -0.2) is 6.54 Å². The van der Waals surface area contributed by atoms with Gasteiger partial charge in [-0.15, -0.1) is 0 Å². The van der Waals surface area contributed by atoms with Crippen LogP contribution in [-0.2, 0) is 0 Å². The van der Waals surface area contributed by atoms with Crippen molar-refractivity contribution in [2.45, 2.75) is 40.2 Å². The standard InChI is InChI=1S/C17H21Cl2NO/c1-5-8-20-17(14-9-13(18)6-7-15(14)19)16-10(2)11(3)21-12(16)4/h6-7,9,17,20H,5,8H2,1-4H3. The van der Waals surface area contributed by atoms with Crippen LogP contribution < -0.4 is 5.32 Å². The number of hydrogen-bond acceptors (Lipinski definition) is 2. The van der Waals surface area contributed by atoms with Crippen molar-refractivity contribution < 1.29 is 4.42 Å². The van der Waals surface area contributed by atoms with Crippen LogP contribution in [0.2, 0.25) is 10.0 Å². The normalized spacial score (nSPS) is 12.7. The summed E-state index contributed by atoms with van der Waals surface area (Å²) in [5.41, 5.74) is 3.31. The Hall–Kier alpha value is -0.960. The molecule has 2 aromatic rings. The Balaban J connectivity index is 2.55. The molecule has 4 heteroatoms. The molecule has 0 saturated heterocycles. The first-order chi connectivity index (χ1) is 9.95. The number of hydrogen-bond donors (Lipinski definition) is 1. The van der Waals surface area contributed by atoms with Crippen molar-refractivity contribution in [3.63, 3.8) is 0 Å². The first-order valence-electron chi connectivity index (χ1n) is 7.20. The maximum atomic E-state index is 6.40. The van der Waals surface area contributed by atoms with Crippen molar-refractivity contribution in [1.82, 2.24) is 5.32 Å². The van der Waals surface area contributed by atoms with E-state index in [0.717, 1.165) is 41.2 Å². The molecule has 0 fully saturated rings. The van der Waals surface area contributed by atoms with Crippen LogP contribution in [0.1, 0.15) is 47.6 Å².